The van der Waals surface area contributed by atoms with Crippen molar-refractivity contribution in [2.24, 2.45) is 5.73 Å². The Morgan fingerprint density at radius 3 is 2.66 bits per heavy atom. The topological polar surface area (TPSA) is 72.0 Å². The van der Waals surface area contributed by atoms with E-state index in [1.54, 1.807) is 18.2 Å². The fraction of sp³-hybridized carbons (Fsp3) is 0.474. The molecule has 1 aromatic carbocycles. The van der Waals surface area contributed by atoms with Crippen LogP contribution < -0.4 is 11.1 Å². The first kappa shape index (κ1) is 20.1. The number of anilines is 1. The van der Waals surface area contributed by atoms with Crippen LogP contribution in [0.4, 0.5) is 18.9 Å². The average Bonchev–Trinajstić information content (AvgIpc) is 3.34. The Morgan fingerprint density at radius 2 is 2.00 bits per heavy atom. The third-order valence-corrected chi connectivity index (χ3v) is 6.24. The molecule has 0 bridgehead atoms. The lowest BCUT2D eigenvalue weighted by Gasteiger charge is -2.30. The van der Waals surface area contributed by atoms with Gasteiger partial charge in [-0.2, -0.15) is 0 Å². The van der Waals surface area contributed by atoms with Gasteiger partial charge in [-0.05, 0) is 51.2 Å². The van der Waals surface area contributed by atoms with Crippen molar-refractivity contribution >= 4 is 27.9 Å². The first-order valence-corrected chi connectivity index (χ1v) is 10.3. The third-order valence-electron chi connectivity index (χ3n) is 5.28. The van der Waals surface area contributed by atoms with E-state index in [9.17, 15) is 13.2 Å². The molecule has 1 aliphatic rings. The molecule has 0 saturated carbocycles. The summed E-state index contributed by atoms with van der Waals surface area (Å²) in [7, 11) is 2.09. The Hall–Kier alpha value is -2.17. The highest BCUT2D eigenvalue weighted by Gasteiger charge is 2.28. The summed E-state index contributed by atoms with van der Waals surface area (Å²) < 4.78 is 42.3. The van der Waals surface area contributed by atoms with Crippen LogP contribution in [0.2, 0.25) is 0 Å². The number of fused-ring (bicyclic) bond motifs is 1. The van der Waals surface area contributed by atoms with Crippen LogP contribution in [0.1, 0.15) is 24.1 Å². The molecule has 6 nitrogen and oxygen atoms in total. The number of halogens is 3. The fourth-order valence-electron chi connectivity index (χ4n) is 3.73. The average molecular weight is 424 g/mol. The summed E-state index contributed by atoms with van der Waals surface area (Å²) in [5, 5.41) is 13.1. The van der Waals surface area contributed by atoms with Gasteiger partial charge in [0.25, 0.3) is 6.43 Å². The smallest absolute Gasteiger partial charge is 0.288 e. The van der Waals surface area contributed by atoms with Crippen LogP contribution in [0.15, 0.2) is 24.3 Å². The van der Waals surface area contributed by atoms with Crippen molar-refractivity contribution in [2.75, 3.05) is 25.5 Å². The lowest BCUT2D eigenvalue weighted by Crippen LogP contribution is -2.36. The number of alkyl halides is 3. The van der Waals surface area contributed by atoms with Gasteiger partial charge >= 0.3 is 0 Å². The molecule has 1 fully saturated rings. The molecule has 3 heterocycles. The number of nitrogens with one attached hydrogen (secondary N) is 1. The van der Waals surface area contributed by atoms with Crippen LogP contribution in [-0.2, 0) is 6.54 Å². The Labute approximate surface area is 170 Å². The zero-order valence-electron chi connectivity index (χ0n) is 16.0. The van der Waals surface area contributed by atoms with E-state index in [0.29, 0.717) is 20.9 Å². The minimum atomic E-state index is -3.16. The number of piperidine rings is 1. The second-order valence-electron chi connectivity index (χ2n) is 7.27. The summed E-state index contributed by atoms with van der Waals surface area (Å²) in [6.45, 7) is 2.17. The Morgan fingerprint density at radius 1 is 1.24 bits per heavy atom. The maximum atomic E-state index is 14.6. The van der Waals surface area contributed by atoms with Crippen molar-refractivity contribution in [3.63, 3.8) is 0 Å². The van der Waals surface area contributed by atoms with Gasteiger partial charge in [0.05, 0.1) is 11.2 Å². The van der Waals surface area contributed by atoms with Crippen molar-refractivity contribution in [3.8, 4) is 10.7 Å². The maximum Gasteiger partial charge on any atom is 0.288 e. The van der Waals surface area contributed by atoms with E-state index in [1.807, 2.05) is 6.07 Å². The van der Waals surface area contributed by atoms with E-state index in [0.717, 1.165) is 36.2 Å². The van der Waals surface area contributed by atoms with Gasteiger partial charge in [0.15, 0.2) is 5.01 Å². The van der Waals surface area contributed by atoms with Gasteiger partial charge in [-0.15, -0.1) is 10.2 Å². The molecule has 3 N–H and O–H groups in total. The number of aromatic nitrogens is 3. The van der Waals surface area contributed by atoms with Crippen molar-refractivity contribution < 1.29 is 13.2 Å². The zero-order valence-corrected chi connectivity index (χ0v) is 16.8. The summed E-state index contributed by atoms with van der Waals surface area (Å²) in [5.74, 6) is 0. The summed E-state index contributed by atoms with van der Waals surface area (Å²) in [6.07, 6.45) is -3.66. The summed E-state index contributed by atoms with van der Waals surface area (Å²) in [6, 6.07) is 7.30. The van der Waals surface area contributed by atoms with Crippen molar-refractivity contribution in [1.82, 2.24) is 19.7 Å². The summed E-state index contributed by atoms with van der Waals surface area (Å²) in [4.78, 5) is 2.27. The monoisotopic (exact) mass is 424 g/mol. The maximum absolute atomic E-state index is 14.6. The lowest BCUT2D eigenvalue weighted by atomic mass is 10.0. The van der Waals surface area contributed by atoms with Crippen molar-refractivity contribution in [2.45, 2.75) is 38.1 Å². The fourth-order valence-corrected chi connectivity index (χ4v) is 4.46. The van der Waals surface area contributed by atoms with Crippen molar-refractivity contribution in [3.05, 3.63) is 29.3 Å². The highest BCUT2D eigenvalue weighted by atomic mass is 32.1. The van der Waals surface area contributed by atoms with Gasteiger partial charge in [0.1, 0.15) is 5.01 Å². The van der Waals surface area contributed by atoms with E-state index in [2.05, 4.69) is 27.5 Å². The molecular weight excluding hydrogens is 401 g/mol. The summed E-state index contributed by atoms with van der Waals surface area (Å²) in [5.41, 5.74) is 7.08. The van der Waals surface area contributed by atoms with Gasteiger partial charge in [-0.3, -0.25) is 0 Å². The molecule has 2 aromatic heterocycles. The predicted octanol–water partition coefficient (Wildman–Crippen LogP) is 3.86. The highest BCUT2D eigenvalue weighted by molar-refractivity contribution is 7.14. The molecule has 1 unspecified atom stereocenters. The SMILES string of the molecule is CN1CCC(Nc2cccc3c2cc(-c2nnc(CN)s2)n3C(F)C(F)F)CC1. The minimum absolute atomic E-state index is 0.189. The number of benzene rings is 1. The number of hydrogen-bond acceptors (Lipinski definition) is 6. The quantitative estimate of drug-likeness (QED) is 0.629. The number of rotatable bonds is 6. The van der Waals surface area contributed by atoms with Crippen LogP contribution in [0.3, 0.4) is 0 Å². The number of likely N-dealkylation sites (tertiary alicyclic amines) is 1. The van der Waals surface area contributed by atoms with Gasteiger partial charge in [0, 0.05) is 23.7 Å². The molecule has 0 amide bonds. The largest absolute Gasteiger partial charge is 0.382 e. The first-order valence-electron chi connectivity index (χ1n) is 9.52. The molecule has 1 atom stereocenters. The van der Waals surface area contributed by atoms with E-state index in [1.165, 1.54) is 11.3 Å². The molecule has 156 valence electrons. The normalized spacial score (nSPS) is 17.3. The van der Waals surface area contributed by atoms with Crippen molar-refractivity contribution in [1.29, 1.82) is 0 Å². The minimum Gasteiger partial charge on any atom is -0.382 e. The molecule has 29 heavy (non-hydrogen) atoms. The first-order chi connectivity index (χ1) is 14.0. The molecular formula is C19H23F3N6S. The summed E-state index contributed by atoms with van der Waals surface area (Å²) >= 11 is 1.18. The second kappa shape index (κ2) is 8.29. The molecule has 0 aliphatic carbocycles. The van der Waals surface area contributed by atoms with Crippen LogP contribution in [0, 0.1) is 0 Å². The van der Waals surface area contributed by atoms with Gasteiger partial charge < -0.3 is 20.5 Å². The molecule has 4 rings (SSSR count). The Balaban J connectivity index is 1.78. The molecule has 1 aliphatic heterocycles. The number of nitrogens with zero attached hydrogens (tertiary/aromatic N) is 4. The van der Waals surface area contributed by atoms with Gasteiger partial charge in [0.2, 0.25) is 6.30 Å². The molecule has 0 spiro atoms. The zero-order chi connectivity index (χ0) is 20.5. The van der Waals surface area contributed by atoms with Crippen LogP contribution in [0.25, 0.3) is 21.6 Å². The standard InChI is InChI=1S/C19H23F3N6S/c1-27-7-5-11(6-8-27)24-13-3-2-4-14-12(13)9-15(28(14)18(22)17(20)21)19-26-25-16(10-23)29-19/h2-4,9,11,17-18,24H,5-8,10,23H2,1H3. The lowest BCUT2D eigenvalue weighted by molar-refractivity contribution is 0.0115. The van der Waals surface area contributed by atoms with Gasteiger partial charge in [-0.25, -0.2) is 13.2 Å². The van der Waals surface area contributed by atoms with E-state index in [4.69, 9.17) is 5.73 Å². The molecule has 3 aromatic rings. The third kappa shape index (κ3) is 3.96. The second-order valence-corrected chi connectivity index (χ2v) is 8.33. The van der Waals surface area contributed by atoms with Crippen LogP contribution in [0.5, 0.6) is 0 Å². The molecule has 10 heteroatoms. The van der Waals surface area contributed by atoms with E-state index < -0.39 is 12.7 Å². The number of hydrogen-bond donors (Lipinski definition) is 2. The Bertz CT molecular complexity index is 980. The van der Waals surface area contributed by atoms with E-state index >= 15 is 0 Å². The van der Waals surface area contributed by atoms with E-state index in [-0.39, 0.29) is 18.3 Å². The highest BCUT2D eigenvalue weighted by Crippen LogP contribution is 2.38. The number of nitrogens with two attached hydrogens (primary N) is 1. The van der Waals surface area contributed by atoms with Crippen LogP contribution in [-0.4, -0.2) is 52.3 Å². The predicted molar refractivity (Wildman–Crippen MR) is 109 cm³/mol. The molecule has 0 radical (unpaired) electrons. The van der Waals surface area contributed by atoms with Crippen LogP contribution >= 0.6 is 11.3 Å². The Kier molecular flexibility index (Phi) is 5.75. The molecule has 1 saturated heterocycles. The van der Waals surface area contributed by atoms with Gasteiger partial charge in [-0.1, -0.05) is 17.4 Å².